The maximum Gasteiger partial charge on any atom is 0.213 e. The van der Waals surface area contributed by atoms with E-state index in [1.165, 1.54) is 0 Å². The first-order valence-electron chi connectivity index (χ1n) is 8.33. The first-order valence-corrected chi connectivity index (χ1v) is 9.38. The fourth-order valence-electron chi connectivity index (χ4n) is 2.50. The number of rotatable bonds is 3. The van der Waals surface area contributed by atoms with Crippen LogP contribution in [0.5, 0.6) is 0 Å². The van der Waals surface area contributed by atoms with Gasteiger partial charge in [0, 0.05) is 36.6 Å². The molecule has 6 heteroatoms. The summed E-state index contributed by atoms with van der Waals surface area (Å²) >= 11 is 2.07. The van der Waals surface area contributed by atoms with Crippen molar-refractivity contribution in [1.82, 2.24) is 15.2 Å². The van der Waals surface area contributed by atoms with Crippen LogP contribution in [-0.2, 0) is 12.0 Å². The van der Waals surface area contributed by atoms with Crippen molar-refractivity contribution in [3.05, 3.63) is 17.8 Å². The lowest BCUT2D eigenvalue weighted by molar-refractivity contribution is 0.364. The van der Waals surface area contributed by atoms with Crippen LogP contribution in [0.1, 0.15) is 46.3 Å². The quantitative estimate of drug-likeness (QED) is 0.678. The van der Waals surface area contributed by atoms with E-state index in [0.29, 0.717) is 23.6 Å². The number of nitrogens with zero attached hydrogens (tertiary/aromatic N) is 3. The van der Waals surface area contributed by atoms with E-state index in [-0.39, 0.29) is 5.41 Å². The SMILES string of the molecule is CN=C(NCc1ncc(C(C)(C)C)o1)N1CCSC(C(C)C)C1. The molecule has 2 rings (SSSR count). The van der Waals surface area contributed by atoms with Gasteiger partial charge in [0.25, 0.3) is 0 Å². The molecule has 1 N–H and O–H groups in total. The molecule has 1 unspecified atom stereocenters. The lowest BCUT2D eigenvalue weighted by atomic mass is 9.94. The van der Waals surface area contributed by atoms with Crippen LogP contribution in [0.3, 0.4) is 0 Å². The van der Waals surface area contributed by atoms with E-state index in [0.717, 1.165) is 30.6 Å². The molecule has 0 aliphatic carbocycles. The Kier molecular flexibility index (Phi) is 6.00. The van der Waals surface area contributed by atoms with E-state index in [1.54, 1.807) is 0 Å². The van der Waals surface area contributed by atoms with Crippen LogP contribution in [-0.4, -0.2) is 47.0 Å². The van der Waals surface area contributed by atoms with Gasteiger partial charge >= 0.3 is 0 Å². The second-order valence-corrected chi connectivity index (χ2v) is 8.72. The molecule has 5 nitrogen and oxygen atoms in total. The van der Waals surface area contributed by atoms with Crippen molar-refractivity contribution < 1.29 is 4.42 Å². The Hall–Kier alpha value is -1.17. The van der Waals surface area contributed by atoms with Gasteiger partial charge in [0.1, 0.15) is 5.76 Å². The molecule has 0 spiro atoms. The summed E-state index contributed by atoms with van der Waals surface area (Å²) in [6.07, 6.45) is 1.83. The van der Waals surface area contributed by atoms with Gasteiger partial charge in [-0.15, -0.1) is 0 Å². The fraction of sp³-hybridized carbons (Fsp3) is 0.765. The molecule has 0 amide bonds. The summed E-state index contributed by atoms with van der Waals surface area (Å²) in [5.74, 6) is 4.39. The molecular formula is C17H30N4OS. The van der Waals surface area contributed by atoms with Crippen LogP contribution in [0, 0.1) is 5.92 Å². The van der Waals surface area contributed by atoms with E-state index in [4.69, 9.17) is 4.42 Å². The highest BCUT2D eigenvalue weighted by Crippen LogP contribution is 2.25. The van der Waals surface area contributed by atoms with E-state index >= 15 is 0 Å². The van der Waals surface area contributed by atoms with Gasteiger partial charge in [-0.2, -0.15) is 11.8 Å². The Morgan fingerprint density at radius 3 is 2.83 bits per heavy atom. The first-order chi connectivity index (χ1) is 10.8. The van der Waals surface area contributed by atoms with Crippen molar-refractivity contribution in [1.29, 1.82) is 0 Å². The molecule has 1 aliphatic heterocycles. The highest BCUT2D eigenvalue weighted by atomic mass is 32.2. The van der Waals surface area contributed by atoms with Crippen molar-refractivity contribution in [2.24, 2.45) is 10.9 Å². The van der Waals surface area contributed by atoms with Crippen LogP contribution in [0.15, 0.2) is 15.6 Å². The van der Waals surface area contributed by atoms with Crippen molar-refractivity contribution >= 4 is 17.7 Å². The number of hydrogen-bond donors (Lipinski definition) is 1. The number of nitrogens with one attached hydrogen (secondary N) is 1. The van der Waals surface area contributed by atoms with Crippen LogP contribution in [0.25, 0.3) is 0 Å². The highest BCUT2D eigenvalue weighted by molar-refractivity contribution is 8.00. The number of thioether (sulfide) groups is 1. The highest BCUT2D eigenvalue weighted by Gasteiger charge is 2.25. The summed E-state index contributed by atoms with van der Waals surface area (Å²) in [7, 11) is 1.84. The molecule has 1 saturated heterocycles. The fourth-order valence-corrected chi connectivity index (χ4v) is 3.80. The molecule has 2 heterocycles. The molecule has 1 aromatic rings. The monoisotopic (exact) mass is 338 g/mol. The first kappa shape index (κ1) is 18.2. The van der Waals surface area contributed by atoms with Gasteiger partial charge in [0.15, 0.2) is 5.96 Å². The molecule has 0 radical (unpaired) electrons. The Labute approximate surface area is 144 Å². The molecule has 0 aromatic carbocycles. The average molecular weight is 339 g/mol. The topological polar surface area (TPSA) is 53.7 Å². The minimum Gasteiger partial charge on any atom is -0.443 e. The number of hydrogen-bond acceptors (Lipinski definition) is 4. The number of oxazole rings is 1. The normalized spacial score (nSPS) is 20.2. The zero-order chi connectivity index (χ0) is 17.0. The summed E-state index contributed by atoms with van der Waals surface area (Å²) in [6.45, 7) is 13.6. The van der Waals surface area contributed by atoms with Crippen LogP contribution in [0.2, 0.25) is 0 Å². The molecule has 1 aliphatic rings. The van der Waals surface area contributed by atoms with E-state index in [1.807, 2.05) is 13.2 Å². The summed E-state index contributed by atoms with van der Waals surface area (Å²) in [6, 6.07) is 0. The number of aromatic nitrogens is 1. The molecule has 1 fully saturated rings. The summed E-state index contributed by atoms with van der Waals surface area (Å²) in [4.78, 5) is 11.1. The lowest BCUT2D eigenvalue weighted by Gasteiger charge is -2.36. The van der Waals surface area contributed by atoms with Crippen LogP contribution >= 0.6 is 11.8 Å². The minimum absolute atomic E-state index is 0.0124. The van der Waals surface area contributed by atoms with E-state index in [9.17, 15) is 0 Å². The van der Waals surface area contributed by atoms with Gasteiger partial charge in [-0.25, -0.2) is 4.98 Å². The number of guanidine groups is 1. The Balaban J connectivity index is 1.94. The molecule has 0 saturated carbocycles. The van der Waals surface area contributed by atoms with Gasteiger partial charge in [-0.1, -0.05) is 34.6 Å². The third-order valence-electron chi connectivity index (χ3n) is 4.04. The molecule has 1 aromatic heterocycles. The zero-order valence-electron chi connectivity index (χ0n) is 15.2. The van der Waals surface area contributed by atoms with Gasteiger partial charge in [0.05, 0.1) is 12.7 Å². The molecule has 1 atom stereocenters. The smallest absolute Gasteiger partial charge is 0.213 e. The molecule has 0 bridgehead atoms. The molecule has 23 heavy (non-hydrogen) atoms. The predicted molar refractivity (Wildman–Crippen MR) is 98.1 cm³/mol. The Morgan fingerprint density at radius 2 is 2.26 bits per heavy atom. The summed E-state index contributed by atoms with van der Waals surface area (Å²) in [5.41, 5.74) is -0.0124. The van der Waals surface area contributed by atoms with Crippen molar-refractivity contribution in [2.45, 2.75) is 51.8 Å². The van der Waals surface area contributed by atoms with Crippen molar-refractivity contribution in [2.75, 3.05) is 25.9 Å². The predicted octanol–water partition coefficient (Wildman–Crippen LogP) is 3.12. The Morgan fingerprint density at radius 1 is 1.52 bits per heavy atom. The standard InChI is InChI=1S/C17H30N4OS/c1-12(2)13-11-21(7-8-23-13)16(18-6)20-10-15-19-9-14(22-15)17(3,4)5/h9,12-13H,7-8,10-11H2,1-6H3,(H,18,20). The second-order valence-electron chi connectivity index (χ2n) is 7.37. The van der Waals surface area contributed by atoms with Crippen molar-refractivity contribution in [3.63, 3.8) is 0 Å². The summed E-state index contributed by atoms with van der Waals surface area (Å²) in [5, 5.41) is 4.05. The zero-order valence-corrected chi connectivity index (χ0v) is 16.0. The largest absolute Gasteiger partial charge is 0.443 e. The van der Waals surface area contributed by atoms with E-state index in [2.05, 4.69) is 66.6 Å². The Bertz CT molecular complexity index is 533. The maximum atomic E-state index is 5.84. The summed E-state index contributed by atoms with van der Waals surface area (Å²) < 4.78 is 5.84. The molecular weight excluding hydrogens is 308 g/mol. The maximum absolute atomic E-state index is 5.84. The second kappa shape index (κ2) is 7.60. The van der Waals surface area contributed by atoms with Gasteiger partial charge < -0.3 is 14.6 Å². The molecule has 130 valence electrons. The number of aliphatic imine (C=N–C) groups is 1. The van der Waals surface area contributed by atoms with Gasteiger partial charge in [-0.3, -0.25) is 4.99 Å². The van der Waals surface area contributed by atoms with Crippen LogP contribution in [0.4, 0.5) is 0 Å². The van der Waals surface area contributed by atoms with Gasteiger partial charge in [-0.05, 0) is 5.92 Å². The minimum atomic E-state index is -0.0124. The third kappa shape index (κ3) is 4.90. The van der Waals surface area contributed by atoms with Gasteiger partial charge in [0.2, 0.25) is 5.89 Å². The third-order valence-corrected chi connectivity index (χ3v) is 5.58. The van der Waals surface area contributed by atoms with Crippen LogP contribution < -0.4 is 5.32 Å². The van der Waals surface area contributed by atoms with E-state index < -0.39 is 0 Å². The lowest BCUT2D eigenvalue weighted by Crippen LogP contribution is -2.48. The van der Waals surface area contributed by atoms with Crippen molar-refractivity contribution in [3.8, 4) is 0 Å². The average Bonchev–Trinajstić information content (AvgIpc) is 2.97.